The fraction of sp³-hybridized carbons (Fsp3) is 0.333. The Balaban J connectivity index is 1.90. The van der Waals surface area contributed by atoms with E-state index in [-0.39, 0.29) is 5.82 Å². The molecule has 20 heavy (non-hydrogen) atoms. The number of nitrogen functional groups attached to an aromatic ring is 1. The van der Waals surface area contributed by atoms with Crippen molar-refractivity contribution in [2.45, 2.75) is 25.7 Å². The number of methoxy groups -OCH3 is 1. The van der Waals surface area contributed by atoms with E-state index in [2.05, 4.69) is 22.1 Å². The van der Waals surface area contributed by atoms with Crippen LogP contribution in [0.1, 0.15) is 24.0 Å². The molecule has 1 heterocycles. The zero-order valence-electron chi connectivity index (χ0n) is 11.4. The Kier molecular flexibility index (Phi) is 3.41. The molecular weight excluding hydrogens is 254 g/mol. The maximum Gasteiger partial charge on any atom is 0.268 e. The summed E-state index contributed by atoms with van der Waals surface area (Å²) in [6.45, 7) is 0. The lowest BCUT2D eigenvalue weighted by Gasteiger charge is -2.17. The molecule has 0 saturated heterocycles. The number of rotatable bonds is 3. The summed E-state index contributed by atoms with van der Waals surface area (Å²) in [4.78, 5) is 7.96. The summed E-state index contributed by atoms with van der Waals surface area (Å²) in [6, 6.07) is 6.16. The lowest BCUT2D eigenvalue weighted by molar-refractivity contribution is 0.369. The van der Waals surface area contributed by atoms with Crippen molar-refractivity contribution in [1.29, 1.82) is 0 Å². The van der Waals surface area contributed by atoms with Crippen LogP contribution in [0.4, 0.5) is 5.82 Å². The van der Waals surface area contributed by atoms with Crippen LogP contribution in [0.2, 0.25) is 0 Å². The molecule has 2 N–H and O–H groups in total. The Morgan fingerprint density at radius 2 is 1.90 bits per heavy atom. The molecule has 0 saturated carbocycles. The highest BCUT2D eigenvalue weighted by Crippen LogP contribution is 2.34. The molecule has 0 bridgehead atoms. The van der Waals surface area contributed by atoms with Gasteiger partial charge in [0.1, 0.15) is 12.1 Å². The minimum Gasteiger partial charge on any atom is -0.489 e. The van der Waals surface area contributed by atoms with Crippen LogP contribution in [-0.2, 0) is 12.8 Å². The van der Waals surface area contributed by atoms with Crippen molar-refractivity contribution in [2.75, 3.05) is 12.8 Å². The van der Waals surface area contributed by atoms with Gasteiger partial charge in [0.2, 0.25) is 5.75 Å². The highest BCUT2D eigenvalue weighted by molar-refractivity contribution is 5.52. The number of benzene rings is 1. The van der Waals surface area contributed by atoms with Gasteiger partial charge in [-0.05, 0) is 48.9 Å². The van der Waals surface area contributed by atoms with Crippen molar-refractivity contribution < 1.29 is 9.47 Å². The summed E-state index contributed by atoms with van der Waals surface area (Å²) in [5.41, 5.74) is 8.51. The maximum atomic E-state index is 5.79. The van der Waals surface area contributed by atoms with Crippen LogP contribution in [0.3, 0.4) is 0 Å². The van der Waals surface area contributed by atoms with Crippen molar-refractivity contribution >= 4 is 5.82 Å². The molecule has 0 unspecified atom stereocenters. The minimum atomic E-state index is 0.274. The molecule has 3 rings (SSSR count). The van der Waals surface area contributed by atoms with Gasteiger partial charge in [0.05, 0.1) is 7.11 Å². The molecule has 0 aliphatic heterocycles. The fourth-order valence-electron chi connectivity index (χ4n) is 2.52. The van der Waals surface area contributed by atoms with Crippen LogP contribution >= 0.6 is 0 Å². The van der Waals surface area contributed by atoms with E-state index >= 15 is 0 Å². The predicted octanol–water partition coefficient (Wildman–Crippen LogP) is 2.74. The third-order valence-electron chi connectivity index (χ3n) is 3.54. The summed E-state index contributed by atoms with van der Waals surface area (Å²) in [7, 11) is 1.52. The average molecular weight is 271 g/mol. The zero-order valence-corrected chi connectivity index (χ0v) is 11.4. The fourth-order valence-corrected chi connectivity index (χ4v) is 2.52. The highest BCUT2D eigenvalue weighted by Gasteiger charge is 2.14. The van der Waals surface area contributed by atoms with Crippen molar-refractivity contribution in [3.05, 3.63) is 35.7 Å². The summed E-state index contributed by atoms with van der Waals surface area (Å²) in [6.07, 6.45) is 6.13. The molecule has 2 aromatic rings. The van der Waals surface area contributed by atoms with Gasteiger partial charge in [-0.1, -0.05) is 6.07 Å². The van der Waals surface area contributed by atoms with E-state index in [9.17, 15) is 0 Å². The first-order chi connectivity index (χ1) is 9.78. The van der Waals surface area contributed by atoms with E-state index in [1.54, 1.807) is 0 Å². The van der Waals surface area contributed by atoms with E-state index < -0.39 is 0 Å². The summed E-state index contributed by atoms with van der Waals surface area (Å²) in [5, 5.41) is 0. The molecule has 104 valence electrons. The van der Waals surface area contributed by atoms with Gasteiger partial charge in [0.25, 0.3) is 5.88 Å². The third-order valence-corrected chi connectivity index (χ3v) is 3.54. The number of nitrogens with two attached hydrogens (primary N) is 1. The van der Waals surface area contributed by atoms with Crippen LogP contribution in [-0.4, -0.2) is 17.1 Å². The van der Waals surface area contributed by atoms with Gasteiger partial charge in [-0.25, -0.2) is 4.98 Å². The topological polar surface area (TPSA) is 70.3 Å². The molecule has 1 aromatic heterocycles. The molecule has 1 aromatic carbocycles. The molecule has 1 aliphatic carbocycles. The van der Waals surface area contributed by atoms with Crippen molar-refractivity contribution in [2.24, 2.45) is 0 Å². The minimum absolute atomic E-state index is 0.274. The van der Waals surface area contributed by atoms with Crippen LogP contribution in [0.15, 0.2) is 24.5 Å². The van der Waals surface area contributed by atoms with Crippen LogP contribution in [0.5, 0.6) is 17.4 Å². The highest BCUT2D eigenvalue weighted by atomic mass is 16.5. The van der Waals surface area contributed by atoms with Gasteiger partial charge in [-0.15, -0.1) is 0 Å². The first-order valence-electron chi connectivity index (χ1n) is 6.72. The Hall–Kier alpha value is -2.30. The van der Waals surface area contributed by atoms with Gasteiger partial charge in [0.15, 0.2) is 5.82 Å². The monoisotopic (exact) mass is 271 g/mol. The standard InChI is InChI=1S/C15H17N3O2/c1-19-13-14(16)17-9-18-15(13)20-12-7-6-10-4-2-3-5-11(10)8-12/h6-9H,2-5H2,1H3,(H2,16,17,18). The maximum absolute atomic E-state index is 5.79. The van der Waals surface area contributed by atoms with Gasteiger partial charge in [0, 0.05) is 0 Å². The van der Waals surface area contributed by atoms with E-state index in [4.69, 9.17) is 15.2 Å². The molecule has 0 spiro atoms. The zero-order chi connectivity index (χ0) is 13.9. The molecule has 0 radical (unpaired) electrons. The van der Waals surface area contributed by atoms with Crippen LogP contribution in [0.25, 0.3) is 0 Å². The quantitative estimate of drug-likeness (QED) is 0.929. The van der Waals surface area contributed by atoms with Gasteiger partial charge in [-0.2, -0.15) is 4.98 Å². The number of fused-ring (bicyclic) bond motifs is 1. The van der Waals surface area contributed by atoms with Gasteiger partial charge < -0.3 is 15.2 Å². The molecular formula is C15H17N3O2. The molecule has 1 aliphatic rings. The van der Waals surface area contributed by atoms with E-state index in [0.29, 0.717) is 11.6 Å². The summed E-state index contributed by atoms with van der Waals surface area (Å²) in [5.74, 6) is 1.73. The first-order valence-corrected chi connectivity index (χ1v) is 6.72. The van der Waals surface area contributed by atoms with Gasteiger partial charge in [-0.3, -0.25) is 0 Å². The number of anilines is 1. The number of hydrogen-bond donors (Lipinski definition) is 1. The Bertz CT molecular complexity index is 629. The molecule has 5 nitrogen and oxygen atoms in total. The second-order valence-corrected chi connectivity index (χ2v) is 4.84. The van der Waals surface area contributed by atoms with E-state index in [1.165, 1.54) is 37.4 Å². The van der Waals surface area contributed by atoms with Crippen molar-refractivity contribution in [3.8, 4) is 17.4 Å². The lowest BCUT2D eigenvalue weighted by atomic mass is 9.92. The van der Waals surface area contributed by atoms with E-state index in [0.717, 1.165) is 18.6 Å². The van der Waals surface area contributed by atoms with Crippen LogP contribution < -0.4 is 15.2 Å². The predicted molar refractivity (Wildman–Crippen MR) is 76.2 cm³/mol. The molecule has 0 amide bonds. The van der Waals surface area contributed by atoms with E-state index in [1.807, 2.05) is 6.07 Å². The molecule has 5 heteroatoms. The number of nitrogens with zero attached hydrogens (tertiary/aromatic N) is 2. The second-order valence-electron chi connectivity index (χ2n) is 4.84. The number of ether oxygens (including phenoxy) is 2. The largest absolute Gasteiger partial charge is 0.489 e. The van der Waals surface area contributed by atoms with Gasteiger partial charge >= 0.3 is 0 Å². The number of aryl methyl sites for hydroxylation is 2. The second kappa shape index (κ2) is 5.36. The number of aromatic nitrogens is 2. The summed E-state index contributed by atoms with van der Waals surface area (Å²) >= 11 is 0. The Labute approximate surface area is 117 Å². The van der Waals surface area contributed by atoms with Crippen molar-refractivity contribution in [3.63, 3.8) is 0 Å². The SMILES string of the molecule is COc1c(N)ncnc1Oc1ccc2c(c1)CCCC2. The normalized spacial score (nSPS) is 13.7. The van der Waals surface area contributed by atoms with Crippen molar-refractivity contribution in [1.82, 2.24) is 9.97 Å². The third kappa shape index (κ3) is 2.39. The average Bonchev–Trinajstić information content (AvgIpc) is 2.47. The van der Waals surface area contributed by atoms with Crippen LogP contribution in [0, 0.1) is 0 Å². The smallest absolute Gasteiger partial charge is 0.268 e. The Morgan fingerprint density at radius 1 is 1.10 bits per heavy atom. The number of hydrogen-bond acceptors (Lipinski definition) is 5. The lowest BCUT2D eigenvalue weighted by Crippen LogP contribution is -2.03. The summed E-state index contributed by atoms with van der Waals surface area (Å²) < 4.78 is 11.0. The Morgan fingerprint density at radius 3 is 2.70 bits per heavy atom. The first kappa shape index (κ1) is 12.7. The molecule has 0 atom stereocenters. The molecule has 0 fully saturated rings.